The van der Waals surface area contributed by atoms with Crippen LogP contribution in [0.5, 0.6) is 5.75 Å². The van der Waals surface area contributed by atoms with Crippen LogP contribution in [0.2, 0.25) is 5.02 Å². The van der Waals surface area contributed by atoms with E-state index in [1.54, 1.807) is 36.6 Å². The van der Waals surface area contributed by atoms with Crippen molar-refractivity contribution in [3.8, 4) is 5.75 Å². The molecule has 1 fully saturated rings. The standard InChI is InChI=1S/C22H22BrClN2O3S2/c1-29-18-4-2-3-15(12-18)11-17-14-30-22(25-17)26-9-7-19(8-10-26)31(27,28)21-6-5-16(23)13-20(21)24/h2-6,12-14,19H,7-11H2,1H3. The maximum atomic E-state index is 13.1. The number of rotatable bonds is 6. The van der Waals surface area contributed by atoms with Gasteiger partial charge in [0.15, 0.2) is 15.0 Å². The first-order valence-electron chi connectivity index (χ1n) is 9.88. The number of hydrogen-bond donors (Lipinski definition) is 0. The Morgan fingerprint density at radius 2 is 2.00 bits per heavy atom. The van der Waals surface area contributed by atoms with Gasteiger partial charge in [-0.25, -0.2) is 13.4 Å². The molecule has 0 aliphatic carbocycles. The molecule has 2 aromatic carbocycles. The lowest BCUT2D eigenvalue weighted by molar-refractivity contribution is 0.414. The van der Waals surface area contributed by atoms with Crippen LogP contribution < -0.4 is 9.64 Å². The number of halogens is 2. The molecule has 1 saturated heterocycles. The van der Waals surface area contributed by atoms with Crippen LogP contribution in [-0.4, -0.2) is 38.9 Å². The molecule has 0 bridgehead atoms. The van der Waals surface area contributed by atoms with Crippen LogP contribution >= 0.6 is 38.9 Å². The summed E-state index contributed by atoms with van der Waals surface area (Å²) in [4.78, 5) is 7.17. The molecule has 0 amide bonds. The van der Waals surface area contributed by atoms with Crippen molar-refractivity contribution in [2.24, 2.45) is 0 Å². The van der Waals surface area contributed by atoms with Gasteiger partial charge in [-0.05, 0) is 48.7 Å². The van der Waals surface area contributed by atoms with Crippen LogP contribution in [0.25, 0.3) is 0 Å². The molecule has 1 aliphatic rings. The quantitative estimate of drug-likeness (QED) is 0.406. The highest BCUT2D eigenvalue weighted by atomic mass is 79.9. The lowest BCUT2D eigenvalue weighted by Gasteiger charge is -2.31. The average molecular weight is 542 g/mol. The van der Waals surface area contributed by atoms with E-state index in [0.717, 1.165) is 33.0 Å². The van der Waals surface area contributed by atoms with Crippen LogP contribution in [0, 0.1) is 0 Å². The van der Waals surface area contributed by atoms with E-state index < -0.39 is 15.1 Å². The second kappa shape index (κ2) is 9.48. The Kier molecular flexibility index (Phi) is 6.91. The first kappa shape index (κ1) is 22.6. The van der Waals surface area contributed by atoms with Gasteiger partial charge >= 0.3 is 0 Å². The largest absolute Gasteiger partial charge is 0.497 e. The molecule has 164 valence electrons. The molecule has 0 unspecified atom stereocenters. The molecule has 0 saturated carbocycles. The third-order valence-electron chi connectivity index (χ3n) is 5.41. The molecule has 3 aromatic rings. The lowest BCUT2D eigenvalue weighted by atomic mass is 10.1. The zero-order valence-corrected chi connectivity index (χ0v) is 20.9. The van der Waals surface area contributed by atoms with E-state index in [1.807, 2.05) is 18.2 Å². The van der Waals surface area contributed by atoms with Crippen molar-refractivity contribution in [2.75, 3.05) is 25.1 Å². The predicted octanol–water partition coefficient (Wildman–Crippen LogP) is 5.60. The Morgan fingerprint density at radius 1 is 1.23 bits per heavy atom. The topological polar surface area (TPSA) is 59.5 Å². The summed E-state index contributed by atoms with van der Waals surface area (Å²) in [6, 6.07) is 12.9. The molecule has 0 spiro atoms. The minimum absolute atomic E-state index is 0.214. The second-order valence-electron chi connectivity index (χ2n) is 7.46. The first-order valence-corrected chi connectivity index (χ1v) is 13.5. The zero-order valence-electron chi connectivity index (χ0n) is 16.9. The number of hydrogen-bond acceptors (Lipinski definition) is 6. The molecular weight excluding hydrogens is 520 g/mol. The summed E-state index contributed by atoms with van der Waals surface area (Å²) in [6.07, 6.45) is 1.85. The molecule has 1 aliphatic heterocycles. The van der Waals surface area contributed by atoms with E-state index in [1.165, 1.54) is 0 Å². The lowest BCUT2D eigenvalue weighted by Crippen LogP contribution is -2.39. The van der Waals surface area contributed by atoms with Crippen LogP contribution in [0.1, 0.15) is 24.1 Å². The highest BCUT2D eigenvalue weighted by Crippen LogP contribution is 2.33. The van der Waals surface area contributed by atoms with Gasteiger partial charge in [0, 0.05) is 29.4 Å². The van der Waals surface area contributed by atoms with Crippen molar-refractivity contribution in [2.45, 2.75) is 29.4 Å². The minimum Gasteiger partial charge on any atom is -0.497 e. The minimum atomic E-state index is -3.47. The summed E-state index contributed by atoms with van der Waals surface area (Å²) in [7, 11) is -1.80. The van der Waals surface area contributed by atoms with Crippen LogP contribution in [0.3, 0.4) is 0 Å². The molecule has 5 nitrogen and oxygen atoms in total. The van der Waals surface area contributed by atoms with Crippen LogP contribution in [-0.2, 0) is 16.3 Å². The normalized spacial score (nSPS) is 15.3. The van der Waals surface area contributed by atoms with Gasteiger partial charge in [-0.3, -0.25) is 0 Å². The van der Waals surface area contributed by atoms with Gasteiger partial charge in [-0.15, -0.1) is 11.3 Å². The molecule has 0 radical (unpaired) electrons. The van der Waals surface area contributed by atoms with Gasteiger partial charge < -0.3 is 9.64 Å². The third-order valence-corrected chi connectivity index (χ3v) is 9.60. The van der Waals surface area contributed by atoms with Crippen molar-refractivity contribution in [1.29, 1.82) is 0 Å². The van der Waals surface area contributed by atoms with Crippen LogP contribution in [0.4, 0.5) is 5.13 Å². The highest BCUT2D eigenvalue weighted by molar-refractivity contribution is 9.10. The monoisotopic (exact) mass is 540 g/mol. The van der Waals surface area contributed by atoms with Gasteiger partial charge in [0.25, 0.3) is 0 Å². The Labute approximate surface area is 200 Å². The van der Waals surface area contributed by atoms with Gasteiger partial charge in [-0.2, -0.15) is 0 Å². The molecular formula is C22H22BrClN2O3S2. The van der Waals surface area contributed by atoms with E-state index in [0.29, 0.717) is 25.9 Å². The van der Waals surface area contributed by atoms with Crippen molar-refractivity contribution >= 4 is 53.8 Å². The molecule has 9 heteroatoms. The molecule has 0 N–H and O–H groups in total. The van der Waals surface area contributed by atoms with Gasteiger partial charge in [0.2, 0.25) is 0 Å². The number of anilines is 1. The fraction of sp³-hybridized carbons (Fsp3) is 0.318. The summed E-state index contributed by atoms with van der Waals surface area (Å²) in [6.45, 7) is 1.31. The Morgan fingerprint density at radius 3 is 2.71 bits per heavy atom. The number of aromatic nitrogens is 1. The number of thiazole rings is 1. The predicted molar refractivity (Wildman–Crippen MR) is 129 cm³/mol. The molecule has 2 heterocycles. The van der Waals surface area contributed by atoms with E-state index in [2.05, 4.69) is 32.3 Å². The second-order valence-corrected chi connectivity index (χ2v) is 11.8. The number of methoxy groups -OCH3 is 1. The summed E-state index contributed by atoms with van der Waals surface area (Å²) >= 11 is 11.1. The Balaban J connectivity index is 1.41. The number of sulfone groups is 1. The fourth-order valence-corrected chi connectivity index (χ4v) is 7.41. The zero-order chi connectivity index (χ0) is 22.0. The number of benzene rings is 2. The van der Waals surface area contributed by atoms with E-state index in [9.17, 15) is 8.42 Å². The van der Waals surface area contributed by atoms with Crippen molar-refractivity contribution in [3.63, 3.8) is 0 Å². The third kappa shape index (κ3) is 5.08. The van der Waals surface area contributed by atoms with Gasteiger partial charge in [0.1, 0.15) is 5.75 Å². The number of ether oxygens (including phenoxy) is 1. The van der Waals surface area contributed by atoms with E-state index >= 15 is 0 Å². The molecule has 1 aromatic heterocycles. The summed E-state index contributed by atoms with van der Waals surface area (Å²) < 4.78 is 32.2. The fourth-order valence-electron chi connectivity index (χ4n) is 3.76. The van der Waals surface area contributed by atoms with Gasteiger partial charge in [0.05, 0.1) is 28.0 Å². The number of piperidine rings is 1. The van der Waals surface area contributed by atoms with E-state index in [-0.39, 0.29) is 9.92 Å². The van der Waals surface area contributed by atoms with Crippen molar-refractivity contribution in [1.82, 2.24) is 4.98 Å². The van der Waals surface area contributed by atoms with Crippen LogP contribution in [0.15, 0.2) is 57.2 Å². The molecule has 31 heavy (non-hydrogen) atoms. The maximum absolute atomic E-state index is 13.1. The average Bonchev–Trinajstić information content (AvgIpc) is 3.22. The molecule has 0 atom stereocenters. The first-order chi connectivity index (χ1) is 14.9. The smallest absolute Gasteiger partial charge is 0.185 e. The summed E-state index contributed by atoms with van der Waals surface area (Å²) in [5.74, 6) is 0.835. The highest BCUT2D eigenvalue weighted by Gasteiger charge is 2.33. The van der Waals surface area contributed by atoms with E-state index in [4.69, 9.17) is 21.3 Å². The van der Waals surface area contributed by atoms with Crippen molar-refractivity contribution in [3.05, 3.63) is 68.6 Å². The number of nitrogens with zero attached hydrogens (tertiary/aromatic N) is 2. The molecule has 4 rings (SSSR count). The summed E-state index contributed by atoms with van der Waals surface area (Å²) in [5.41, 5.74) is 2.15. The maximum Gasteiger partial charge on any atom is 0.185 e. The van der Waals surface area contributed by atoms with Crippen molar-refractivity contribution < 1.29 is 13.2 Å². The Hall–Kier alpha value is -1.61. The SMILES string of the molecule is COc1cccc(Cc2csc(N3CCC(S(=O)(=O)c4ccc(Br)cc4Cl)CC3)n2)c1. The summed E-state index contributed by atoms with van der Waals surface area (Å²) in [5, 5.41) is 2.84. The van der Waals surface area contributed by atoms with Gasteiger partial charge in [-0.1, -0.05) is 39.7 Å². The Bertz CT molecular complexity index is 1180.